The van der Waals surface area contributed by atoms with Crippen molar-refractivity contribution in [3.8, 4) is 22.8 Å². The fourth-order valence-corrected chi connectivity index (χ4v) is 10.8. The van der Waals surface area contributed by atoms with Crippen LogP contribution in [0.15, 0.2) is 108 Å². The molecule has 0 radical (unpaired) electrons. The molecule has 12 heteroatoms. The summed E-state index contributed by atoms with van der Waals surface area (Å²) in [6.45, 7) is 10.8. The zero-order valence-corrected chi connectivity index (χ0v) is 37.6. The van der Waals surface area contributed by atoms with Gasteiger partial charge in [0.1, 0.15) is 11.5 Å². The third-order valence-electron chi connectivity index (χ3n) is 12.8. The van der Waals surface area contributed by atoms with Crippen molar-refractivity contribution in [2.75, 3.05) is 47.0 Å². The molecule has 1 aromatic heterocycles. The summed E-state index contributed by atoms with van der Waals surface area (Å²) >= 11 is 0. The first-order valence-electron chi connectivity index (χ1n) is 22.3. The minimum absolute atomic E-state index is 0.0123. The van der Waals surface area contributed by atoms with Gasteiger partial charge in [0.25, 0.3) is 10.1 Å². The highest BCUT2D eigenvalue weighted by atomic mass is 32.2. The smallest absolute Gasteiger partial charge is 0.297 e. The lowest BCUT2D eigenvalue weighted by Crippen LogP contribution is -2.59. The lowest BCUT2D eigenvalue weighted by Gasteiger charge is -2.47. The average Bonchev–Trinajstić information content (AvgIpc) is 3.76. The van der Waals surface area contributed by atoms with Crippen molar-refractivity contribution in [3.05, 3.63) is 131 Å². The second-order valence-corrected chi connectivity index (χ2v) is 18.7. The van der Waals surface area contributed by atoms with Gasteiger partial charge in [-0.1, -0.05) is 86.1 Å². The molecule has 62 heavy (non-hydrogen) atoms. The standard InChI is InChI=1S/C26H31N3O2.C24H31NO5S/c1-3-13-28-17-21(18-29-14-12-23(27-29)19-8-5-4-6-9-19)31-26-16-22-20(15-24(26)28)10-7-11-25(22)30-2;1-4-12-25-15-19(16-29-31(26,27)20-10-8-17(2)9-11-20)30-24-14-21-18(13-22(24)25)6-5-7-23(21)28-3/h4-12,14,21,24,26H,3,13,15-18H2,1-2H3;5-11,19,22,24H,4,12-16H2,1-3H3/t21-,24-,26-;19-,22-,24-/m11/s1. The predicted molar refractivity (Wildman–Crippen MR) is 241 cm³/mol. The van der Waals surface area contributed by atoms with Gasteiger partial charge in [-0.15, -0.1) is 0 Å². The number of fused-ring (bicyclic) bond motifs is 4. The molecule has 0 spiro atoms. The summed E-state index contributed by atoms with van der Waals surface area (Å²) in [6.07, 6.45) is 7.87. The maximum Gasteiger partial charge on any atom is 0.297 e. The third kappa shape index (κ3) is 9.96. The quantitative estimate of drug-likeness (QED) is 0.110. The van der Waals surface area contributed by atoms with Crippen LogP contribution in [0.3, 0.4) is 0 Å². The number of aryl methyl sites for hydroxylation is 1. The molecule has 0 saturated carbocycles. The number of ether oxygens (including phenoxy) is 4. The molecule has 6 atom stereocenters. The Hall–Kier alpha value is -4.56. The average molecular weight is 863 g/mol. The van der Waals surface area contributed by atoms with E-state index in [9.17, 15) is 8.42 Å². The van der Waals surface area contributed by atoms with Gasteiger partial charge in [0, 0.05) is 49.8 Å². The van der Waals surface area contributed by atoms with Crippen molar-refractivity contribution < 1.29 is 31.5 Å². The van der Waals surface area contributed by atoms with Crippen LogP contribution in [0, 0.1) is 6.92 Å². The molecule has 330 valence electrons. The van der Waals surface area contributed by atoms with Gasteiger partial charge in [0.2, 0.25) is 0 Å². The summed E-state index contributed by atoms with van der Waals surface area (Å²) < 4.78 is 57.0. The maximum atomic E-state index is 12.6. The highest BCUT2D eigenvalue weighted by Crippen LogP contribution is 2.37. The Morgan fingerprint density at radius 1 is 0.677 bits per heavy atom. The monoisotopic (exact) mass is 862 g/mol. The summed E-state index contributed by atoms with van der Waals surface area (Å²) in [4.78, 5) is 5.25. The lowest BCUT2D eigenvalue weighted by atomic mass is 9.83. The Bertz CT molecular complexity index is 2350. The van der Waals surface area contributed by atoms with Crippen molar-refractivity contribution in [1.82, 2.24) is 19.6 Å². The van der Waals surface area contributed by atoms with E-state index in [4.69, 9.17) is 28.2 Å². The Balaban J connectivity index is 0.000000171. The largest absolute Gasteiger partial charge is 0.496 e. The number of morpholine rings is 2. The normalized spacial score (nSPS) is 23.5. The molecule has 4 aliphatic rings. The van der Waals surface area contributed by atoms with Crippen LogP contribution in [0.25, 0.3) is 11.3 Å². The van der Waals surface area contributed by atoms with Gasteiger partial charge in [-0.25, -0.2) is 0 Å². The molecule has 0 bridgehead atoms. The van der Waals surface area contributed by atoms with E-state index in [-0.39, 0.29) is 42.0 Å². The van der Waals surface area contributed by atoms with Crippen LogP contribution in [0.4, 0.5) is 0 Å². The van der Waals surface area contributed by atoms with Gasteiger partial charge < -0.3 is 18.9 Å². The molecule has 3 heterocycles. The van der Waals surface area contributed by atoms with Crippen LogP contribution >= 0.6 is 0 Å². The van der Waals surface area contributed by atoms with E-state index in [1.54, 1.807) is 38.5 Å². The Morgan fingerprint density at radius 2 is 1.24 bits per heavy atom. The summed E-state index contributed by atoms with van der Waals surface area (Å²) in [7, 11) is -0.358. The van der Waals surface area contributed by atoms with Crippen LogP contribution in [0.5, 0.6) is 11.5 Å². The molecule has 0 unspecified atom stereocenters. The minimum Gasteiger partial charge on any atom is -0.496 e. The number of benzene rings is 4. The van der Waals surface area contributed by atoms with Crippen molar-refractivity contribution in [3.63, 3.8) is 0 Å². The molecular formula is C50H62N4O7S. The lowest BCUT2D eigenvalue weighted by molar-refractivity contribution is -0.132. The molecule has 2 saturated heterocycles. The Kier molecular flexibility index (Phi) is 14.1. The first kappa shape index (κ1) is 44.1. The van der Waals surface area contributed by atoms with E-state index >= 15 is 0 Å². The first-order valence-corrected chi connectivity index (χ1v) is 23.7. The minimum atomic E-state index is -3.81. The van der Waals surface area contributed by atoms with Crippen molar-refractivity contribution in [1.29, 1.82) is 0 Å². The van der Waals surface area contributed by atoms with E-state index in [0.717, 1.165) is 93.0 Å². The van der Waals surface area contributed by atoms with Crippen LogP contribution in [-0.4, -0.2) is 112 Å². The number of methoxy groups -OCH3 is 2. The maximum absolute atomic E-state index is 12.6. The molecule has 0 N–H and O–H groups in total. The predicted octanol–water partition coefficient (Wildman–Crippen LogP) is 7.56. The van der Waals surface area contributed by atoms with Gasteiger partial charge in [-0.2, -0.15) is 13.5 Å². The van der Waals surface area contributed by atoms with Crippen molar-refractivity contribution in [2.45, 2.75) is 107 Å². The van der Waals surface area contributed by atoms with E-state index in [0.29, 0.717) is 12.6 Å². The molecule has 0 amide bonds. The molecule has 11 nitrogen and oxygen atoms in total. The molecule has 2 aliphatic carbocycles. The van der Waals surface area contributed by atoms with Gasteiger partial charge in [-0.05, 0) is 98.3 Å². The molecule has 2 fully saturated rings. The van der Waals surface area contributed by atoms with E-state index in [1.807, 2.05) is 29.8 Å². The zero-order valence-electron chi connectivity index (χ0n) is 36.8. The second kappa shape index (κ2) is 19.9. The topological polar surface area (TPSA) is 105 Å². The van der Waals surface area contributed by atoms with Crippen LogP contribution in [0.2, 0.25) is 0 Å². The highest BCUT2D eigenvalue weighted by Gasteiger charge is 2.42. The first-order chi connectivity index (χ1) is 30.2. The molecule has 4 aromatic carbocycles. The van der Waals surface area contributed by atoms with E-state index in [1.165, 1.54) is 22.3 Å². The van der Waals surface area contributed by atoms with Gasteiger partial charge >= 0.3 is 0 Å². The molecule has 2 aliphatic heterocycles. The van der Waals surface area contributed by atoms with E-state index in [2.05, 4.69) is 84.4 Å². The summed E-state index contributed by atoms with van der Waals surface area (Å²) in [5.41, 5.74) is 8.38. The second-order valence-electron chi connectivity index (χ2n) is 17.1. The third-order valence-corrected chi connectivity index (χ3v) is 14.1. The van der Waals surface area contributed by atoms with Crippen LogP contribution in [0.1, 0.15) is 54.5 Å². The van der Waals surface area contributed by atoms with Gasteiger partial charge in [0.15, 0.2) is 0 Å². The summed E-state index contributed by atoms with van der Waals surface area (Å²) in [5.74, 6) is 1.88. The molecule has 5 aromatic rings. The van der Waals surface area contributed by atoms with Crippen molar-refractivity contribution in [2.24, 2.45) is 0 Å². The zero-order chi connectivity index (χ0) is 43.2. The van der Waals surface area contributed by atoms with Gasteiger partial charge in [-0.3, -0.25) is 18.7 Å². The molecule has 9 rings (SSSR count). The molecular weight excluding hydrogens is 801 g/mol. The summed E-state index contributed by atoms with van der Waals surface area (Å²) in [6, 6.07) is 32.5. The Morgan fingerprint density at radius 3 is 1.81 bits per heavy atom. The number of hydrogen-bond acceptors (Lipinski definition) is 10. The van der Waals surface area contributed by atoms with Crippen molar-refractivity contribution >= 4 is 10.1 Å². The number of nitrogens with zero attached hydrogens (tertiary/aromatic N) is 4. The number of hydrogen-bond donors (Lipinski definition) is 0. The Labute approximate surface area is 368 Å². The number of aromatic nitrogens is 2. The van der Waals surface area contributed by atoms with Crippen LogP contribution in [-0.2, 0) is 56.0 Å². The highest BCUT2D eigenvalue weighted by molar-refractivity contribution is 7.86. The summed E-state index contributed by atoms with van der Waals surface area (Å²) in [5, 5.41) is 4.81. The fourth-order valence-electron chi connectivity index (χ4n) is 9.87. The SMILES string of the molecule is CCCN1C[C@H](COS(=O)(=O)c2ccc(C)cc2)O[C@@H]2Cc3c(cccc3OC)C[C@H]21.CCCN1C[C@H](Cn2ccc(-c3ccccc3)n2)O[C@@H]2Cc3c(cccc3OC)C[C@H]21. The number of rotatable bonds is 13. The fraction of sp³-hybridized carbons (Fsp3) is 0.460. The van der Waals surface area contributed by atoms with E-state index < -0.39 is 10.1 Å². The van der Waals surface area contributed by atoms with Crippen LogP contribution < -0.4 is 9.47 Å². The van der Waals surface area contributed by atoms with Gasteiger partial charge in [0.05, 0.1) is 62.4 Å².